The highest BCUT2D eigenvalue weighted by molar-refractivity contribution is 8.20. The average molecular weight is 340 g/mol. The molecule has 0 bridgehead atoms. The van der Waals surface area contributed by atoms with E-state index < -0.39 is 11.9 Å². The molecule has 1 spiro atoms. The van der Waals surface area contributed by atoms with Gasteiger partial charge in [0, 0.05) is 17.1 Å². The molecule has 118 valence electrons. The standard InChI is InChI=1S/C14H16N2O4S2/c1-3-20-13(18)11-9-4-5-14(21-6-7-22-14)12(9)16(15-11)8-10(17)19-2/h4-5H,3,6-8H2,1-2H3. The number of carbonyl (C=O) groups excluding carboxylic acids is 2. The number of esters is 2. The lowest BCUT2D eigenvalue weighted by molar-refractivity contribution is -0.141. The Bertz CT molecular complexity index is 648. The molecule has 2 aliphatic rings. The van der Waals surface area contributed by atoms with Crippen molar-refractivity contribution in [1.29, 1.82) is 0 Å². The molecule has 0 aromatic carbocycles. The van der Waals surface area contributed by atoms with Crippen LogP contribution in [-0.4, -0.2) is 46.9 Å². The van der Waals surface area contributed by atoms with Crippen molar-refractivity contribution in [2.75, 3.05) is 25.2 Å². The maximum atomic E-state index is 12.1. The van der Waals surface area contributed by atoms with Crippen LogP contribution in [0.25, 0.3) is 6.08 Å². The van der Waals surface area contributed by atoms with Crippen molar-refractivity contribution in [1.82, 2.24) is 9.78 Å². The van der Waals surface area contributed by atoms with Crippen LogP contribution >= 0.6 is 23.5 Å². The van der Waals surface area contributed by atoms with Crippen LogP contribution in [0, 0.1) is 0 Å². The Labute approximate surface area is 136 Å². The Morgan fingerprint density at radius 1 is 1.41 bits per heavy atom. The summed E-state index contributed by atoms with van der Waals surface area (Å²) in [6, 6.07) is 0. The highest BCUT2D eigenvalue weighted by Crippen LogP contribution is 2.57. The van der Waals surface area contributed by atoms with Crippen LogP contribution in [-0.2, 0) is 24.9 Å². The van der Waals surface area contributed by atoms with Gasteiger partial charge in [-0.2, -0.15) is 5.10 Å². The fraction of sp³-hybridized carbons (Fsp3) is 0.500. The van der Waals surface area contributed by atoms with Crippen molar-refractivity contribution in [3.8, 4) is 0 Å². The SMILES string of the molecule is CCOC(=O)c1nn(CC(=O)OC)c2c1C=CC21SCCS1. The second-order valence-corrected chi connectivity index (χ2v) is 7.70. The molecule has 6 nitrogen and oxygen atoms in total. The van der Waals surface area contributed by atoms with Crippen LogP contribution < -0.4 is 0 Å². The summed E-state index contributed by atoms with van der Waals surface area (Å²) in [5.41, 5.74) is 1.90. The Morgan fingerprint density at radius 3 is 2.77 bits per heavy atom. The first-order valence-electron chi connectivity index (χ1n) is 6.93. The van der Waals surface area contributed by atoms with Crippen LogP contribution in [0.4, 0.5) is 0 Å². The summed E-state index contributed by atoms with van der Waals surface area (Å²) < 4.78 is 11.1. The lowest BCUT2D eigenvalue weighted by atomic mass is 10.2. The molecule has 0 amide bonds. The summed E-state index contributed by atoms with van der Waals surface area (Å²) in [6.45, 7) is 2.03. The molecule has 0 unspecified atom stereocenters. The van der Waals surface area contributed by atoms with Crippen molar-refractivity contribution < 1.29 is 19.1 Å². The zero-order valence-electron chi connectivity index (χ0n) is 12.3. The molecular formula is C14H16N2O4S2. The Kier molecular flexibility index (Phi) is 4.22. The number of ether oxygens (including phenoxy) is 2. The first-order chi connectivity index (χ1) is 10.6. The fourth-order valence-electron chi connectivity index (χ4n) is 2.59. The number of hydrogen-bond acceptors (Lipinski definition) is 7. The Morgan fingerprint density at radius 2 is 2.14 bits per heavy atom. The quantitative estimate of drug-likeness (QED) is 0.775. The molecule has 22 heavy (non-hydrogen) atoms. The minimum Gasteiger partial charge on any atom is -0.468 e. The summed E-state index contributed by atoms with van der Waals surface area (Å²) in [6.07, 6.45) is 3.99. The summed E-state index contributed by atoms with van der Waals surface area (Å²) in [4.78, 5) is 23.8. The number of thioether (sulfide) groups is 2. The van der Waals surface area contributed by atoms with Crippen molar-refractivity contribution in [3.05, 3.63) is 23.0 Å². The van der Waals surface area contributed by atoms with Crippen LogP contribution in [0.1, 0.15) is 28.7 Å². The highest BCUT2D eigenvalue weighted by atomic mass is 32.2. The van der Waals surface area contributed by atoms with Gasteiger partial charge in [0.15, 0.2) is 5.69 Å². The molecule has 1 fully saturated rings. The third-order valence-electron chi connectivity index (χ3n) is 3.48. The van der Waals surface area contributed by atoms with Gasteiger partial charge in [-0.1, -0.05) is 12.2 Å². The van der Waals surface area contributed by atoms with Crippen LogP contribution in [0.2, 0.25) is 0 Å². The van der Waals surface area contributed by atoms with Crippen molar-refractivity contribution in [3.63, 3.8) is 0 Å². The van der Waals surface area contributed by atoms with Gasteiger partial charge in [-0.15, -0.1) is 23.5 Å². The maximum absolute atomic E-state index is 12.1. The van der Waals surface area contributed by atoms with Gasteiger partial charge in [0.05, 0.1) is 19.4 Å². The molecule has 1 aromatic heterocycles. The zero-order chi connectivity index (χ0) is 15.7. The lowest BCUT2D eigenvalue weighted by Crippen LogP contribution is -2.21. The number of carbonyl (C=O) groups is 2. The van der Waals surface area contributed by atoms with Gasteiger partial charge >= 0.3 is 11.9 Å². The molecular weight excluding hydrogens is 324 g/mol. The molecule has 0 radical (unpaired) electrons. The zero-order valence-corrected chi connectivity index (χ0v) is 14.0. The van der Waals surface area contributed by atoms with E-state index in [9.17, 15) is 9.59 Å². The number of fused-ring (bicyclic) bond motifs is 2. The number of nitrogens with zero attached hydrogens (tertiary/aromatic N) is 2. The molecule has 1 saturated heterocycles. The lowest BCUT2D eigenvalue weighted by Gasteiger charge is -2.21. The van der Waals surface area contributed by atoms with E-state index in [1.54, 1.807) is 35.1 Å². The molecule has 0 atom stereocenters. The summed E-state index contributed by atoms with van der Waals surface area (Å²) in [5, 5.41) is 4.32. The molecule has 2 heterocycles. The Balaban J connectivity index is 2.06. The van der Waals surface area contributed by atoms with E-state index in [1.165, 1.54) is 7.11 Å². The van der Waals surface area contributed by atoms with E-state index in [4.69, 9.17) is 9.47 Å². The van der Waals surface area contributed by atoms with Gasteiger partial charge in [0.1, 0.15) is 10.6 Å². The van der Waals surface area contributed by atoms with Gasteiger partial charge in [-0.25, -0.2) is 4.79 Å². The predicted molar refractivity (Wildman–Crippen MR) is 85.8 cm³/mol. The normalized spacial score (nSPS) is 17.7. The highest BCUT2D eigenvalue weighted by Gasteiger charge is 2.45. The summed E-state index contributed by atoms with van der Waals surface area (Å²) >= 11 is 3.59. The molecule has 1 aromatic rings. The van der Waals surface area contributed by atoms with Gasteiger partial charge < -0.3 is 9.47 Å². The van der Waals surface area contributed by atoms with Crippen LogP contribution in [0.3, 0.4) is 0 Å². The van der Waals surface area contributed by atoms with E-state index in [1.807, 2.05) is 6.08 Å². The fourth-order valence-corrected chi connectivity index (χ4v) is 5.73. The minimum atomic E-state index is -0.461. The molecule has 0 N–H and O–H groups in total. The monoisotopic (exact) mass is 340 g/mol. The van der Waals surface area contributed by atoms with E-state index in [2.05, 4.69) is 11.2 Å². The third-order valence-corrected chi connectivity index (χ3v) is 6.78. The average Bonchev–Trinajstić information content (AvgIpc) is 3.19. The maximum Gasteiger partial charge on any atom is 0.359 e. The smallest absolute Gasteiger partial charge is 0.359 e. The van der Waals surface area contributed by atoms with Crippen LogP contribution in [0.15, 0.2) is 6.08 Å². The number of rotatable bonds is 4. The van der Waals surface area contributed by atoms with E-state index in [-0.39, 0.29) is 22.9 Å². The van der Waals surface area contributed by atoms with Crippen molar-refractivity contribution in [2.45, 2.75) is 17.5 Å². The summed E-state index contributed by atoms with van der Waals surface area (Å²) in [7, 11) is 1.34. The second kappa shape index (κ2) is 6.00. The number of aromatic nitrogens is 2. The van der Waals surface area contributed by atoms with Gasteiger partial charge in [-0.3, -0.25) is 9.48 Å². The van der Waals surface area contributed by atoms with Gasteiger partial charge in [-0.05, 0) is 6.92 Å². The van der Waals surface area contributed by atoms with Gasteiger partial charge in [0.2, 0.25) is 0 Å². The number of hydrogen-bond donors (Lipinski definition) is 0. The predicted octanol–water partition coefficient (Wildman–Crippen LogP) is 1.89. The molecule has 0 saturated carbocycles. The molecule has 1 aliphatic carbocycles. The first-order valence-corrected chi connectivity index (χ1v) is 8.91. The summed E-state index contributed by atoms with van der Waals surface area (Å²) in [5.74, 6) is 1.19. The van der Waals surface area contributed by atoms with E-state index in [0.29, 0.717) is 0 Å². The largest absolute Gasteiger partial charge is 0.468 e. The second-order valence-electron chi connectivity index (χ2n) is 4.76. The van der Waals surface area contributed by atoms with Gasteiger partial charge in [0.25, 0.3) is 0 Å². The molecule has 1 aliphatic heterocycles. The number of methoxy groups -OCH3 is 1. The third kappa shape index (κ3) is 2.44. The molecule has 8 heteroatoms. The van der Waals surface area contributed by atoms with E-state index >= 15 is 0 Å². The topological polar surface area (TPSA) is 70.4 Å². The minimum absolute atomic E-state index is 0.0111. The Hall–Kier alpha value is -1.41. The molecule has 3 rings (SSSR count). The van der Waals surface area contributed by atoms with Crippen molar-refractivity contribution >= 4 is 41.5 Å². The van der Waals surface area contributed by atoms with Crippen LogP contribution in [0.5, 0.6) is 0 Å². The van der Waals surface area contributed by atoms with E-state index in [0.717, 1.165) is 22.8 Å². The first kappa shape index (κ1) is 15.5. The van der Waals surface area contributed by atoms with Crippen molar-refractivity contribution in [2.24, 2.45) is 0 Å².